The second kappa shape index (κ2) is 6.26. The highest BCUT2D eigenvalue weighted by Gasteiger charge is 2.32. The molecule has 20 heavy (non-hydrogen) atoms. The molecular formula is C14H22N2O3S. The van der Waals surface area contributed by atoms with Crippen molar-refractivity contribution in [2.24, 2.45) is 0 Å². The number of rotatable bonds is 5. The standard InChI is InChI=1S/C14H22N2O3S/c1-6-13(14(17)15(3)4)16(20(5,18)19)12-9-7-8-11(2)10-12/h7-10,13H,6H2,1-5H3/t13-/m0/s1. The summed E-state index contributed by atoms with van der Waals surface area (Å²) in [6.07, 6.45) is 1.54. The zero-order chi connectivity index (χ0) is 15.5. The Hall–Kier alpha value is -1.56. The van der Waals surface area contributed by atoms with Crippen molar-refractivity contribution < 1.29 is 13.2 Å². The molecular weight excluding hydrogens is 276 g/mol. The number of carbonyl (C=O) groups excluding carboxylic acids is 1. The number of hydrogen-bond donors (Lipinski definition) is 0. The van der Waals surface area contributed by atoms with Crippen molar-refractivity contribution in [1.82, 2.24) is 4.90 Å². The monoisotopic (exact) mass is 298 g/mol. The van der Waals surface area contributed by atoms with Crippen LogP contribution in [0.1, 0.15) is 18.9 Å². The lowest BCUT2D eigenvalue weighted by Gasteiger charge is -2.31. The SMILES string of the molecule is CC[C@@H](C(=O)N(C)C)N(c1cccc(C)c1)S(C)(=O)=O. The van der Waals surface area contributed by atoms with Crippen LogP contribution < -0.4 is 4.31 Å². The van der Waals surface area contributed by atoms with Crippen LogP contribution in [0.4, 0.5) is 5.69 Å². The van der Waals surface area contributed by atoms with Gasteiger partial charge < -0.3 is 4.90 Å². The summed E-state index contributed by atoms with van der Waals surface area (Å²) in [5, 5.41) is 0. The van der Waals surface area contributed by atoms with E-state index in [9.17, 15) is 13.2 Å². The first-order chi connectivity index (χ1) is 9.18. The number of amides is 1. The van der Waals surface area contributed by atoms with Gasteiger partial charge in [-0.15, -0.1) is 0 Å². The molecule has 0 aromatic heterocycles. The molecule has 1 aromatic rings. The molecule has 0 N–H and O–H groups in total. The summed E-state index contributed by atoms with van der Waals surface area (Å²) in [6.45, 7) is 3.69. The van der Waals surface area contributed by atoms with Gasteiger partial charge in [0.25, 0.3) is 0 Å². The van der Waals surface area contributed by atoms with Gasteiger partial charge in [0, 0.05) is 14.1 Å². The zero-order valence-electron chi connectivity index (χ0n) is 12.6. The average Bonchev–Trinajstić information content (AvgIpc) is 2.33. The Balaban J connectivity index is 3.36. The third-order valence-electron chi connectivity index (χ3n) is 3.01. The number of carbonyl (C=O) groups is 1. The molecule has 1 atom stereocenters. The van der Waals surface area contributed by atoms with E-state index in [2.05, 4.69) is 0 Å². The van der Waals surface area contributed by atoms with Gasteiger partial charge in [0.15, 0.2) is 0 Å². The third-order valence-corrected chi connectivity index (χ3v) is 4.19. The minimum Gasteiger partial charge on any atom is -0.347 e. The van der Waals surface area contributed by atoms with Gasteiger partial charge in [-0.25, -0.2) is 8.42 Å². The second-order valence-electron chi connectivity index (χ2n) is 5.05. The van der Waals surface area contributed by atoms with E-state index in [4.69, 9.17) is 0 Å². The van der Waals surface area contributed by atoms with Crippen LogP contribution in [0.5, 0.6) is 0 Å². The topological polar surface area (TPSA) is 57.7 Å². The summed E-state index contributed by atoms with van der Waals surface area (Å²) >= 11 is 0. The van der Waals surface area contributed by atoms with E-state index in [0.717, 1.165) is 11.8 Å². The van der Waals surface area contributed by atoms with Crippen molar-refractivity contribution in [2.45, 2.75) is 26.3 Å². The molecule has 0 fully saturated rings. The number of benzene rings is 1. The number of hydrogen-bond acceptors (Lipinski definition) is 3. The molecule has 1 aromatic carbocycles. The average molecular weight is 298 g/mol. The van der Waals surface area contributed by atoms with Crippen molar-refractivity contribution in [3.05, 3.63) is 29.8 Å². The first kappa shape index (κ1) is 16.5. The molecule has 5 nitrogen and oxygen atoms in total. The Kier molecular flexibility index (Phi) is 5.16. The first-order valence-corrected chi connectivity index (χ1v) is 8.30. The van der Waals surface area contributed by atoms with E-state index >= 15 is 0 Å². The number of likely N-dealkylation sites (N-methyl/N-ethyl adjacent to an activating group) is 1. The Morgan fingerprint density at radius 3 is 2.30 bits per heavy atom. The third kappa shape index (κ3) is 3.72. The van der Waals surface area contributed by atoms with Crippen molar-refractivity contribution in [3.63, 3.8) is 0 Å². The lowest BCUT2D eigenvalue weighted by atomic mass is 10.1. The molecule has 0 saturated heterocycles. The van der Waals surface area contributed by atoms with Gasteiger partial charge in [0.05, 0.1) is 11.9 Å². The van der Waals surface area contributed by atoms with Crippen molar-refractivity contribution >= 4 is 21.6 Å². The van der Waals surface area contributed by atoms with Crippen LogP contribution in [0.3, 0.4) is 0 Å². The maximum Gasteiger partial charge on any atom is 0.245 e. The molecule has 0 heterocycles. The van der Waals surface area contributed by atoms with Crippen molar-refractivity contribution in [2.75, 3.05) is 24.7 Å². The van der Waals surface area contributed by atoms with Crippen LogP contribution in [0, 0.1) is 6.92 Å². The fraction of sp³-hybridized carbons (Fsp3) is 0.500. The molecule has 1 rings (SSSR count). The Morgan fingerprint density at radius 2 is 1.90 bits per heavy atom. The molecule has 1 amide bonds. The van der Waals surface area contributed by atoms with Crippen LogP contribution in [-0.2, 0) is 14.8 Å². The summed E-state index contributed by atoms with van der Waals surface area (Å²) < 4.78 is 25.5. The Morgan fingerprint density at radius 1 is 1.30 bits per heavy atom. The Labute approximate surface area is 121 Å². The van der Waals surface area contributed by atoms with Crippen LogP contribution in [-0.4, -0.2) is 45.6 Å². The van der Waals surface area contributed by atoms with Crippen LogP contribution in [0.2, 0.25) is 0 Å². The van der Waals surface area contributed by atoms with Gasteiger partial charge in [-0.2, -0.15) is 0 Å². The second-order valence-corrected chi connectivity index (χ2v) is 6.91. The van der Waals surface area contributed by atoms with E-state index in [1.807, 2.05) is 13.0 Å². The maximum atomic E-state index is 12.2. The Bertz CT molecular complexity index is 582. The number of sulfonamides is 1. The fourth-order valence-corrected chi connectivity index (χ4v) is 3.30. The largest absolute Gasteiger partial charge is 0.347 e. The highest BCUT2D eigenvalue weighted by Crippen LogP contribution is 2.24. The number of nitrogens with zero attached hydrogens (tertiary/aromatic N) is 2. The van der Waals surface area contributed by atoms with Gasteiger partial charge in [0.1, 0.15) is 6.04 Å². The maximum absolute atomic E-state index is 12.2. The molecule has 0 saturated carbocycles. The summed E-state index contributed by atoms with van der Waals surface area (Å²) in [5.74, 6) is -0.223. The molecule has 6 heteroatoms. The van der Waals surface area contributed by atoms with Crippen LogP contribution in [0.15, 0.2) is 24.3 Å². The van der Waals surface area contributed by atoms with Crippen LogP contribution >= 0.6 is 0 Å². The molecule has 0 unspecified atom stereocenters. The van der Waals surface area contributed by atoms with Crippen molar-refractivity contribution in [3.8, 4) is 0 Å². The van der Waals surface area contributed by atoms with E-state index in [1.165, 1.54) is 9.21 Å². The quantitative estimate of drug-likeness (QED) is 0.830. The molecule has 0 bridgehead atoms. The van der Waals surface area contributed by atoms with Gasteiger partial charge in [-0.3, -0.25) is 9.10 Å². The van der Waals surface area contributed by atoms with Crippen LogP contribution in [0.25, 0.3) is 0 Å². The molecule has 0 aliphatic heterocycles. The molecule has 0 aliphatic rings. The van der Waals surface area contributed by atoms with E-state index in [-0.39, 0.29) is 5.91 Å². The highest BCUT2D eigenvalue weighted by atomic mass is 32.2. The fourth-order valence-electron chi connectivity index (χ4n) is 2.11. The lowest BCUT2D eigenvalue weighted by Crippen LogP contribution is -2.48. The predicted octanol–water partition coefficient (Wildman–Crippen LogP) is 1.63. The van der Waals surface area contributed by atoms with E-state index in [0.29, 0.717) is 12.1 Å². The zero-order valence-corrected chi connectivity index (χ0v) is 13.4. The van der Waals surface area contributed by atoms with Crippen molar-refractivity contribution in [1.29, 1.82) is 0 Å². The van der Waals surface area contributed by atoms with Gasteiger partial charge in [-0.05, 0) is 31.0 Å². The molecule has 0 aliphatic carbocycles. The molecule has 0 radical (unpaired) electrons. The van der Waals surface area contributed by atoms with Gasteiger partial charge >= 0.3 is 0 Å². The minimum atomic E-state index is -3.54. The predicted molar refractivity (Wildman–Crippen MR) is 81.3 cm³/mol. The van der Waals surface area contributed by atoms with E-state index < -0.39 is 16.1 Å². The summed E-state index contributed by atoms with van der Waals surface area (Å²) in [6, 6.07) is 6.43. The summed E-state index contributed by atoms with van der Waals surface area (Å²) in [7, 11) is -0.285. The lowest BCUT2D eigenvalue weighted by molar-refractivity contribution is -0.129. The number of anilines is 1. The number of aryl methyl sites for hydroxylation is 1. The van der Waals surface area contributed by atoms with Gasteiger partial charge in [-0.1, -0.05) is 19.1 Å². The summed E-state index contributed by atoms with van der Waals surface area (Å²) in [5.41, 5.74) is 1.47. The highest BCUT2D eigenvalue weighted by molar-refractivity contribution is 7.92. The molecule has 112 valence electrons. The minimum absolute atomic E-state index is 0.223. The smallest absolute Gasteiger partial charge is 0.245 e. The molecule has 0 spiro atoms. The van der Waals surface area contributed by atoms with E-state index in [1.54, 1.807) is 39.2 Å². The first-order valence-electron chi connectivity index (χ1n) is 6.45. The van der Waals surface area contributed by atoms with Gasteiger partial charge in [0.2, 0.25) is 15.9 Å². The normalized spacial score (nSPS) is 12.8. The summed E-state index contributed by atoms with van der Waals surface area (Å²) in [4.78, 5) is 13.7.